The van der Waals surface area contributed by atoms with Crippen LogP contribution < -0.4 is 10.6 Å². The van der Waals surface area contributed by atoms with E-state index in [1.54, 1.807) is 18.2 Å². The molecule has 9 rings (SSSR count). The van der Waals surface area contributed by atoms with Gasteiger partial charge in [-0.15, -0.1) is 0 Å². The lowest BCUT2D eigenvalue weighted by Gasteiger charge is -2.36. The molecule has 3 aliphatic heterocycles. The summed E-state index contributed by atoms with van der Waals surface area (Å²) >= 11 is 0. The zero-order valence-electron chi connectivity index (χ0n) is 26.7. The molecule has 2 aromatic heterocycles. The Morgan fingerprint density at radius 3 is 2.54 bits per heavy atom. The smallest absolute Gasteiger partial charge is 0.264 e. The molecular weight excluding hydrogens is 608 g/mol. The van der Waals surface area contributed by atoms with Gasteiger partial charge in [0.25, 0.3) is 11.8 Å². The predicted octanol–water partition coefficient (Wildman–Crippen LogP) is 3.86. The summed E-state index contributed by atoms with van der Waals surface area (Å²) in [5.41, 5.74) is 7.37. The Morgan fingerprint density at radius 1 is 0.938 bits per heavy atom. The number of nitrogens with zero attached hydrogens (tertiary/aromatic N) is 6. The third-order valence-corrected chi connectivity index (χ3v) is 10.7. The topological polar surface area (TPSA) is 142 Å². The number of carbonyl (C=O) groups is 4. The van der Waals surface area contributed by atoms with Gasteiger partial charge in [0.1, 0.15) is 6.04 Å². The molecule has 4 amide bonds. The number of imide groups is 2. The van der Waals surface area contributed by atoms with Crippen LogP contribution in [0.1, 0.15) is 88.4 Å². The van der Waals surface area contributed by atoms with Gasteiger partial charge in [-0.2, -0.15) is 5.10 Å². The van der Waals surface area contributed by atoms with Crippen LogP contribution in [-0.4, -0.2) is 85.9 Å². The molecule has 2 saturated carbocycles. The highest BCUT2D eigenvalue weighted by Gasteiger charge is 2.46. The maximum atomic E-state index is 13.4. The highest BCUT2D eigenvalue weighted by atomic mass is 16.2. The number of rotatable bonds is 8. The molecule has 0 bridgehead atoms. The van der Waals surface area contributed by atoms with Gasteiger partial charge in [-0.1, -0.05) is 12.1 Å². The number of aromatic nitrogens is 4. The van der Waals surface area contributed by atoms with Crippen LogP contribution in [0.5, 0.6) is 0 Å². The molecule has 2 aromatic carbocycles. The Bertz CT molecular complexity index is 2020. The van der Waals surface area contributed by atoms with Crippen LogP contribution in [0, 0.1) is 5.92 Å². The summed E-state index contributed by atoms with van der Waals surface area (Å²) < 4.78 is 2.11. The Kier molecular flexibility index (Phi) is 6.72. The van der Waals surface area contributed by atoms with E-state index in [2.05, 4.69) is 51.7 Å². The van der Waals surface area contributed by atoms with Crippen molar-refractivity contribution in [2.24, 2.45) is 5.92 Å². The number of amides is 4. The third kappa shape index (κ3) is 4.88. The summed E-state index contributed by atoms with van der Waals surface area (Å²) in [5, 5.41) is 10.7. The van der Waals surface area contributed by atoms with Gasteiger partial charge in [0.2, 0.25) is 11.8 Å². The van der Waals surface area contributed by atoms with Crippen molar-refractivity contribution in [3.05, 3.63) is 71.2 Å². The van der Waals surface area contributed by atoms with Gasteiger partial charge in [-0.3, -0.25) is 39.1 Å². The lowest BCUT2D eigenvalue weighted by atomic mass is 9.80. The fourth-order valence-electron chi connectivity index (χ4n) is 7.77. The number of carbonyl (C=O) groups excluding carboxylic acids is 4. The van der Waals surface area contributed by atoms with Crippen molar-refractivity contribution in [3.63, 3.8) is 0 Å². The van der Waals surface area contributed by atoms with E-state index in [0.29, 0.717) is 30.0 Å². The van der Waals surface area contributed by atoms with Crippen molar-refractivity contribution in [2.45, 2.75) is 62.4 Å². The molecule has 0 radical (unpaired) electrons. The van der Waals surface area contributed by atoms with E-state index >= 15 is 0 Å². The first kappa shape index (κ1) is 29.2. The van der Waals surface area contributed by atoms with Crippen LogP contribution in [0.4, 0.5) is 5.69 Å². The number of hydrogen-bond acceptors (Lipinski definition) is 9. The minimum Gasteiger partial charge on any atom is -0.384 e. The second-order valence-corrected chi connectivity index (χ2v) is 14.2. The molecule has 0 spiro atoms. The van der Waals surface area contributed by atoms with Crippen LogP contribution in [0.2, 0.25) is 0 Å². The van der Waals surface area contributed by atoms with Crippen LogP contribution in [-0.2, 0) is 9.59 Å². The molecule has 5 heterocycles. The van der Waals surface area contributed by atoms with Gasteiger partial charge >= 0.3 is 0 Å². The third-order valence-electron chi connectivity index (χ3n) is 10.7. The molecule has 12 nitrogen and oxygen atoms in total. The van der Waals surface area contributed by atoms with Gasteiger partial charge in [-0.25, -0.2) is 4.98 Å². The van der Waals surface area contributed by atoms with Crippen LogP contribution in [0.15, 0.2) is 48.8 Å². The summed E-state index contributed by atoms with van der Waals surface area (Å²) in [5.74, 6) is -0.600. The van der Waals surface area contributed by atoms with Crippen LogP contribution in [0.25, 0.3) is 22.3 Å². The first-order valence-corrected chi connectivity index (χ1v) is 16.9. The number of likely N-dealkylation sites (N-methyl/N-ethyl adjacent to an activating group) is 1. The Morgan fingerprint density at radius 2 is 1.77 bits per heavy atom. The molecule has 244 valence electrons. The Balaban J connectivity index is 0.875. The quantitative estimate of drug-likeness (QED) is 0.274. The Hall–Kier alpha value is -4.97. The van der Waals surface area contributed by atoms with E-state index in [1.807, 2.05) is 6.20 Å². The molecule has 2 N–H and O–H groups in total. The second kappa shape index (κ2) is 11.0. The van der Waals surface area contributed by atoms with E-state index in [0.717, 1.165) is 71.7 Å². The second-order valence-electron chi connectivity index (χ2n) is 14.2. The molecule has 4 aromatic rings. The molecule has 4 fully saturated rings. The van der Waals surface area contributed by atoms with Crippen molar-refractivity contribution in [1.29, 1.82) is 0 Å². The standard InChI is InChI=1S/C36H36N8O4/c1-42-16-22(17-42)21-7-8-26-28(13-21)38-15-29(39-26)25-18-43(41-33(25)20-5-6-20)23-11-19(12-23)14-37-27-4-2-3-24-32(27)36(48)44(35(24)47)30-9-10-31(45)40-34(30)46/h2-4,7-8,13,15,18-20,22-23,30,37H,5-6,9-12,14,16-17H2,1H3,(H,40,45,46). The monoisotopic (exact) mass is 644 g/mol. The van der Waals surface area contributed by atoms with Crippen LogP contribution in [0.3, 0.4) is 0 Å². The van der Waals surface area contributed by atoms with Crippen molar-refractivity contribution in [3.8, 4) is 11.3 Å². The van der Waals surface area contributed by atoms with E-state index in [-0.39, 0.29) is 30.0 Å². The zero-order chi connectivity index (χ0) is 32.7. The highest BCUT2D eigenvalue weighted by molar-refractivity contribution is 6.25. The fraction of sp³-hybridized carbons (Fsp3) is 0.417. The number of hydrogen-bond donors (Lipinski definition) is 2. The summed E-state index contributed by atoms with van der Waals surface area (Å²) in [6.45, 7) is 2.81. The number of benzene rings is 2. The summed E-state index contributed by atoms with van der Waals surface area (Å²) in [7, 11) is 2.14. The molecular formula is C36H36N8O4. The minimum absolute atomic E-state index is 0.0900. The number of nitrogens with one attached hydrogen (secondary N) is 2. The Labute approximate surface area is 276 Å². The van der Waals surface area contributed by atoms with E-state index in [4.69, 9.17) is 15.1 Å². The minimum atomic E-state index is -0.984. The SMILES string of the molecule is CN1CC(c2ccc3nc(-c4cn(C5CC(CNc6cccc7c6C(=O)N(C6CCC(=O)NC6=O)C7=O)C5)nc4C4CC4)cnc3c2)C1. The molecule has 2 aliphatic carbocycles. The average molecular weight is 645 g/mol. The van der Waals surface area contributed by atoms with Crippen LogP contribution >= 0.6 is 0 Å². The first-order valence-electron chi connectivity index (χ1n) is 16.9. The van der Waals surface area contributed by atoms with Crippen molar-refractivity contribution in [2.75, 3.05) is 32.0 Å². The van der Waals surface area contributed by atoms with Crippen molar-refractivity contribution >= 4 is 40.3 Å². The maximum Gasteiger partial charge on any atom is 0.264 e. The summed E-state index contributed by atoms with van der Waals surface area (Å²) in [6, 6.07) is 10.9. The largest absolute Gasteiger partial charge is 0.384 e. The number of likely N-dealkylation sites (tertiary alicyclic amines) is 1. The zero-order valence-corrected chi connectivity index (χ0v) is 26.7. The predicted molar refractivity (Wildman–Crippen MR) is 176 cm³/mol. The molecule has 5 aliphatic rings. The van der Waals surface area contributed by atoms with E-state index in [1.165, 1.54) is 5.56 Å². The van der Waals surface area contributed by atoms with Crippen molar-refractivity contribution < 1.29 is 19.2 Å². The van der Waals surface area contributed by atoms with E-state index < -0.39 is 29.7 Å². The van der Waals surface area contributed by atoms with E-state index in [9.17, 15) is 19.2 Å². The summed E-state index contributed by atoms with van der Waals surface area (Å²) in [6.07, 6.45) is 8.42. The number of piperidine rings is 1. The number of anilines is 1. The molecule has 1 unspecified atom stereocenters. The normalized spacial score (nSPS) is 24.4. The fourth-order valence-corrected chi connectivity index (χ4v) is 7.77. The lowest BCUT2D eigenvalue weighted by molar-refractivity contribution is -0.136. The molecule has 12 heteroatoms. The highest BCUT2D eigenvalue weighted by Crippen LogP contribution is 2.46. The molecule has 48 heavy (non-hydrogen) atoms. The maximum absolute atomic E-state index is 13.4. The van der Waals surface area contributed by atoms with Gasteiger partial charge in [0.15, 0.2) is 0 Å². The summed E-state index contributed by atoms with van der Waals surface area (Å²) in [4.78, 5) is 63.9. The van der Waals surface area contributed by atoms with Gasteiger partial charge in [0, 0.05) is 55.3 Å². The average Bonchev–Trinajstić information content (AvgIpc) is 3.75. The van der Waals surface area contributed by atoms with Gasteiger partial charge in [0.05, 0.1) is 45.8 Å². The lowest BCUT2D eigenvalue weighted by Crippen LogP contribution is -2.54. The molecule has 1 atom stereocenters. The molecule has 2 saturated heterocycles. The van der Waals surface area contributed by atoms with Crippen molar-refractivity contribution in [1.82, 2.24) is 34.9 Å². The van der Waals surface area contributed by atoms with Gasteiger partial charge in [-0.05, 0) is 74.9 Å². The van der Waals surface area contributed by atoms with Gasteiger partial charge < -0.3 is 10.2 Å². The number of fused-ring (bicyclic) bond motifs is 2. The first-order chi connectivity index (χ1) is 23.3.